The van der Waals surface area contributed by atoms with Crippen molar-refractivity contribution >= 4 is 12.1 Å². The van der Waals surface area contributed by atoms with Crippen molar-refractivity contribution < 1.29 is 23.8 Å². The van der Waals surface area contributed by atoms with Crippen molar-refractivity contribution in [2.24, 2.45) is 5.41 Å². The molecule has 0 aromatic heterocycles. The number of cyclic esters (lactones) is 1. The van der Waals surface area contributed by atoms with Crippen LogP contribution < -0.4 is 5.32 Å². The quantitative estimate of drug-likeness (QED) is 0.480. The van der Waals surface area contributed by atoms with Gasteiger partial charge < -0.3 is 19.5 Å². The Morgan fingerprint density at radius 1 is 1.21 bits per heavy atom. The van der Waals surface area contributed by atoms with Gasteiger partial charge >= 0.3 is 12.1 Å². The number of rotatable bonds is 9. The Labute approximate surface area is 174 Å². The van der Waals surface area contributed by atoms with Crippen LogP contribution in [0.1, 0.15) is 65.9 Å². The first-order chi connectivity index (χ1) is 13.5. The number of esters is 1. The molecule has 1 heterocycles. The third-order valence-electron chi connectivity index (χ3n) is 4.87. The zero-order valence-electron chi connectivity index (χ0n) is 18.3. The van der Waals surface area contributed by atoms with Crippen LogP contribution in [0.4, 0.5) is 4.79 Å². The van der Waals surface area contributed by atoms with E-state index in [1.807, 2.05) is 51.1 Å². The molecule has 1 saturated heterocycles. The van der Waals surface area contributed by atoms with Gasteiger partial charge in [-0.05, 0) is 51.0 Å². The molecule has 6 heteroatoms. The van der Waals surface area contributed by atoms with E-state index in [-0.39, 0.29) is 23.5 Å². The molecule has 1 aromatic carbocycles. The van der Waals surface area contributed by atoms with Crippen LogP contribution in [0.25, 0.3) is 0 Å². The molecule has 2 rings (SSSR count). The molecule has 2 atom stereocenters. The summed E-state index contributed by atoms with van der Waals surface area (Å²) in [4.78, 5) is 23.9. The van der Waals surface area contributed by atoms with Crippen LogP contribution in [0, 0.1) is 5.41 Å². The molecule has 1 N–H and O–H groups in total. The molecule has 0 spiro atoms. The maximum absolute atomic E-state index is 12.3. The van der Waals surface area contributed by atoms with E-state index in [1.54, 1.807) is 0 Å². The molecular formula is C23H35NO5. The second-order valence-corrected chi connectivity index (χ2v) is 9.48. The minimum atomic E-state index is -0.582. The lowest BCUT2D eigenvalue weighted by atomic mass is 9.81. The number of benzene rings is 1. The molecule has 1 aliphatic rings. The normalized spacial score (nSPS) is 18.2. The molecule has 0 radical (unpaired) electrons. The number of alkyl carbamates (subject to hydrolysis) is 1. The van der Waals surface area contributed by atoms with Crippen LogP contribution in [0.5, 0.6) is 0 Å². The fourth-order valence-corrected chi connectivity index (χ4v) is 3.37. The van der Waals surface area contributed by atoms with E-state index in [2.05, 4.69) is 19.2 Å². The summed E-state index contributed by atoms with van der Waals surface area (Å²) in [6.07, 6.45) is 1.69. The van der Waals surface area contributed by atoms with Gasteiger partial charge in [-0.15, -0.1) is 0 Å². The first-order valence-corrected chi connectivity index (χ1v) is 10.3. The highest BCUT2D eigenvalue weighted by Crippen LogP contribution is 2.31. The summed E-state index contributed by atoms with van der Waals surface area (Å²) in [5, 5.41) is 2.93. The number of amides is 1. The van der Waals surface area contributed by atoms with Gasteiger partial charge in [-0.3, -0.25) is 4.79 Å². The maximum Gasteiger partial charge on any atom is 0.408 e. The Morgan fingerprint density at radius 2 is 1.90 bits per heavy atom. The average Bonchev–Trinajstić information content (AvgIpc) is 3.04. The highest BCUT2D eigenvalue weighted by molar-refractivity contribution is 5.72. The Kier molecular flexibility index (Phi) is 8.08. The van der Waals surface area contributed by atoms with Crippen molar-refractivity contribution in [2.75, 3.05) is 6.61 Å². The van der Waals surface area contributed by atoms with Gasteiger partial charge in [0.2, 0.25) is 0 Å². The number of carbonyl (C=O) groups is 2. The molecule has 1 aliphatic heterocycles. The van der Waals surface area contributed by atoms with Gasteiger partial charge in [-0.1, -0.05) is 44.2 Å². The Bertz CT molecular complexity index is 666. The fourth-order valence-electron chi connectivity index (χ4n) is 3.37. The van der Waals surface area contributed by atoms with Gasteiger partial charge in [0.1, 0.15) is 11.7 Å². The lowest BCUT2D eigenvalue weighted by Crippen LogP contribution is -2.47. The van der Waals surface area contributed by atoms with Crippen molar-refractivity contribution in [1.29, 1.82) is 0 Å². The molecule has 6 nitrogen and oxygen atoms in total. The van der Waals surface area contributed by atoms with E-state index in [4.69, 9.17) is 14.2 Å². The molecule has 29 heavy (non-hydrogen) atoms. The van der Waals surface area contributed by atoms with E-state index >= 15 is 0 Å². The summed E-state index contributed by atoms with van der Waals surface area (Å²) in [6.45, 7) is 10.9. The molecule has 0 bridgehead atoms. The van der Waals surface area contributed by atoms with E-state index in [9.17, 15) is 9.59 Å². The number of hydrogen-bond donors (Lipinski definition) is 1. The summed E-state index contributed by atoms with van der Waals surface area (Å²) in [5.41, 5.74) is 0.459. The fraction of sp³-hybridized carbons (Fsp3) is 0.652. The third-order valence-corrected chi connectivity index (χ3v) is 4.87. The van der Waals surface area contributed by atoms with Crippen molar-refractivity contribution in [3.05, 3.63) is 35.9 Å². The molecule has 0 saturated carbocycles. The Balaban J connectivity index is 1.89. The van der Waals surface area contributed by atoms with E-state index in [0.717, 1.165) is 12.0 Å². The van der Waals surface area contributed by atoms with Crippen LogP contribution >= 0.6 is 0 Å². The first kappa shape index (κ1) is 23.2. The van der Waals surface area contributed by atoms with Gasteiger partial charge in [0.25, 0.3) is 0 Å². The topological polar surface area (TPSA) is 73.9 Å². The van der Waals surface area contributed by atoms with Gasteiger partial charge in [0, 0.05) is 13.0 Å². The summed E-state index contributed by atoms with van der Waals surface area (Å²) < 4.78 is 16.7. The highest BCUT2D eigenvalue weighted by Gasteiger charge is 2.36. The minimum Gasteiger partial charge on any atom is -0.460 e. The van der Waals surface area contributed by atoms with Crippen LogP contribution in [-0.4, -0.2) is 36.4 Å². The van der Waals surface area contributed by atoms with Gasteiger partial charge in [0.05, 0.1) is 12.6 Å². The number of ether oxygens (including phenoxy) is 3. The second-order valence-electron chi connectivity index (χ2n) is 9.48. The summed E-state index contributed by atoms with van der Waals surface area (Å²) in [7, 11) is 0. The highest BCUT2D eigenvalue weighted by atomic mass is 16.6. The van der Waals surface area contributed by atoms with Crippen molar-refractivity contribution in [2.45, 2.75) is 84.7 Å². The molecule has 162 valence electrons. The lowest BCUT2D eigenvalue weighted by molar-refractivity contribution is -0.142. The predicted molar refractivity (Wildman–Crippen MR) is 111 cm³/mol. The minimum absolute atomic E-state index is 0.106. The summed E-state index contributed by atoms with van der Waals surface area (Å²) in [5.74, 6) is -0.213. The van der Waals surface area contributed by atoms with E-state index in [0.29, 0.717) is 32.5 Å². The standard InChI is InChI=1S/C23H35NO5/c1-22(2,3)29-21(26)24-18(19-11-12-20(25)28-19)15-23(4,5)13-14-27-16-17-9-7-6-8-10-17/h6-10,18-19H,11-16H2,1-5H3,(H,24,26)/t18-,19-/m0/s1. The van der Waals surface area contributed by atoms with Gasteiger partial charge in [0.15, 0.2) is 0 Å². The second kappa shape index (κ2) is 10.1. The summed E-state index contributed by atoms with van der Waals surface area (Å²) >= 11 is 0. The Morgan fingerprint density at radius 3 is 2.48 bits per heavy atom. The van der Waals surface area contributed by atoms with Crippen LogP contribution in [0.3, 0.4) is 0 Å². The van der Waals surface area contributed by atoms with Gasteiger partial charge in [-0.25, -0.2) is 4.79 Å². The zero-order chi connectivity index (χ0) is 21.5. The molecule has 1 fully saturated rings. The SMILES string of the molecule is CC(C)(CCOCc1ccccc1)C[C@H](NC(=O)OC(C)(C)C)[C@@H]1CCC(=O)O1. The first-order valence-electron chi connectivity index (χ1n) is 10.3. The van der Waals surface area contributed by atoms with E-state index in [1.165, 1.54) is 0 Å². The smallest absolute Gasteiger partial charge is 0.408 e. The van der Waals surface area contributed by atoms with Crippen molar-refractivity contribution in [1.82, 2.24) is 5.32 Å². The summed E-state index contributed by atoms with van der Waals surface area (Å²) in [6, 6.07) is 9.78. The molecule has 0 unspecified atom stereocenters. The Hall–Kier alpha value is -2.08. The number of hydrogen-bond acceptors (Lipinski definition) is 5. The predicted octanol–water partition coefficient (Wildman–Crippen LogP) is 4.61. The monoisotopic (exact) mass is 405 g/mol. The van der Waals surface area contributed by atoms with Crippen LogP contribution in [0.15, 0.2) is 30.3 Å². The van der Waals surface area contributed by atoms with Gasteiger partial charge in [-0.2, -0.15) is 0 Å². The van der Waals surface area contributed by atoms with Crippen molar-refractivity contribution in [3.63, 3.8) is 0 Å². The average molecular weight is 406 g/mol. The largest absolute Gasteiger partial charge is 0.460 e. The van der Waals surface area contributed by atoms with Crippen molar-refractivity contribution in [3.8, 4) is 0 Å². The van der Waals surface area contributed by atoms with Crippen LogP contribution in [-0.2, 0) is 25.6 Å². The molecule has 1 amide bonds. The zero-order valence-corrected chi connectivity index (χ0v) is 18.3. The maximum atomic E-state index is 12.3. The molecule has 1 aromatic rings. The molecular weight excluding hydrogens is 370 g/mol. The lowest BCUT2D eigenvalue weighted by Gasteiger charge is -2.33. The van der Waals surface area contributed by atoms with E-state index < -0.39 is 11.7 Å². The number of nitrogens with one attached hydrogen (secondary N) is 1. The van der Waals surface area contributed by atoms with Crippen LogP contribution in [0.2, 0.25) is 0 Å². The number of carbonyl (C=O) groups excluding carboxylic acids is 2. The molecule has 0 aliphatic carbocycles. The third kappa shape index (κ3) is 8.86.